The first-order chi connectivity index (χ1) is 16.1. The minimum atomic E-state index is -0.0995. The molecule has 1 aliphatic heterocycles. The van der Waals surface area contributed by atoms with Crippen molar-refractivity contribution in [3.05, 3.63) is 54.2 Å². The van der Waals surface area contributed by atoms with Gasteiger partial charge in [-0.2, -0.15) is 4.98 Å². The van der Waals surface area contributed by atoms with E-state index in [0.717, 1.165) is 5.56 Å². The van der Waals surface area contributed by atoms with Crippen LogP contribution in [-0.2, 0) is 11.2 Å². The summed E-state index contributed by atoms with van der Waals surface area (Å²) >= 11 is 0. The molecule has 3 aromatic rings. The van der Waals surface area contributed by atoms with Crippen LogP contribution in [0.2, 0.25) is 0 Å². The van der Waals surface area contributed by atoms with Gasteiger partial charge in [0.25, 0.3) is 5.91 Å². The van der Waals surface area contributed by atoms with Crippen molar-refractivity contribution in [1.29, 1.82) is 0 Å². The molecule has 0 aliphatic carbocycles. The zero-order chi connectivity index (χ0) is 23.2. The van der Waals surface area contributed by atoms with Crippen molar-refractivity contribution >= 4 is 11.8 Å². The summed E-state index contributed by atoms with van der Waals surface area (Å²) in [4.78, 5) is 37.3. The summed E-state index contributed by atoms with van der Waals surface area (Å²) in [5.74, 6) is 1.86. The van der Waals surface area contributed by atoms with Crippen molar-refractivity contribution in [2.45, 2.75) is 12.8 Å². The first-order valence-corrected chi connectivity index (χ1v) is 10.6. The number of methoxy groups -OCH3 is 2. The molecule has 1 aliphatic rings. The van der Waals surface area contributed by atoms with E-state index in [1.54, 1.807) is 59.6 Å². The largest absolute Gasteiger partial charge is 0.493 e. The maximum Gasteiger partial charge on any atom is 0.254 e. The van der Waals surface area contributed by atoms with Gasteiger partial charge < -0.3 is 23.8 Å². The SMILES string of the molecule is COc1ccc(C(=O)N2CCN(C(=O)CCc3nc(-c4ccncc4)no3)CC2)cc1OC. The molecule has 1 aromatic carbocycles. The van der Waals surface area contributed by atoms with Gasteiger partial charge >= 0.3 is 0 Å². The Labute approximate surface area is 191 Å². The van der Waals surface area contributed by atoms with E-state index in [1.807, 2.05) is 0 Å². The zero-order valence-electron chi connectivity index (χ0n) is 18.6. The number of hydrogen-bond donors (Lipinski definition) is 0. The molecule has 1 fully saturated rings. The summed E-state index contributed by atoms with van der Waals surface area (Å²) in [6, 6.07) is 8.68. The second-order valence-corrected chi connectivity index (χ2v) is 7.49. The Balaban J connectivity index is 1.28. The van der Waals surface area contributed by atoms with Gasteiger partial charge in [-0.05, 0) is 30.3 Å². The van der Waals surface area contributed by atoms with Gasteiger partial charge in [0, 0.05) is 62.5 Å². The fraction of sp³-hybridized carbons (Fsp3) is 0.348. The van der Waals surface area contributed by atoms with Crippen molar-refractivity contribution in [2.75, 3.05) is 40.4 Å². The molecule has 10 heteroatoms. The zero-order valence-corrected chi connectivity index (χ0v) is 18.6. The van der Waals surface area contributed by atoms with Crippen LogP contribution in [0.5, 0.6) is 11.5 Å². The molecule has 10 nitrogen and oxygen atoms in total. The van der Waals surface area contributed by atoms with Crippen LogP contribution in [0.15, 0.2) is 47.2 Å². The molecule has 0 unspecified atom stereocenters. The molecule has 172 valence electrons. The predicted octanol–water partition coefficient (Wildman–Crippen LogP) is 2.07. The van der Waals surface area contributed by atoms with Crippen molar-refractivity contribution in [2.24, 2.45) is 0 Å². The molecule has 0 saturated carbocycles. The number of aryl methyl sites for hydroxylation is 1. The van der Waals surface area contributed by atoms with Crippen molar-refractivity contribution in [3.63, 3.8) is 0 Å². The quantitative estimate of drug-likeness (QED) is 0.537. The second kappa shape index (κ2) is 10.1. The van der Waals surface area contributed by atoms with Crippen molar-refractivity contribution in [1.82, 2.24) is 24.9 Å². The van der Waals surface area contributed by atoms with Gasteiger partial charge in [0.15, 0.2) is 11.5 Å². The minimum Gasteiger partial charge on any atom is -0.493 e. The highest BCUT2D eigenvalue weighted by Crippen LogP contribution is 2.28. The highest BCUT2D eigenvalue weighted by atomic mass is 16.5. The summed E-state index contributed by atoms with van der Waals surface area (Å²) in [5, 5.41) is 3.96. The molecule has 0 radical (unpaired) electrons. The van der Waals surface area contributed by atoms with Gasteiger partial charge in [-0.3, -0.25) is 14.6 Å². The third-order valence-corrected chi connectivity index (χ3v) is 5.51. The standard InChI is InChI=1S/C23H25N5O5/c1-31-18-4-3-17(15-19(18)32-2)23(30)28-13-11-27(12-14-28)21(29)6-5-20-25-22(26-33-20)16-7-9-24-10-8-16/h3-4,7-10,15H,5-6,11-14H2,1-2H3. The summed E-state index contributed by atoms with van der Waals surface area (Å²) in [5.41, 5.74) is 1.33. The molecule has 33 heavy (non-hydrogen) atoms. The number of piperazine rings is 1. The Morgan fingerprint density at radius 2 is 1.67 bits per heavy atom. The molecule has 0 N–H and O–H groups in total. The van der Waals surface area contributed by atoms with Crippen LogP contribution < -0.4 is 9.47 Å². The van der Waals surface area contributed by atoms with E-state index in [0.29, 0.717) is 61.4 Å². The van der Waals surface area contributed by atoms with E-state index < -0.39 is 0 Å². The lowest BCUT2D eigenvalue weighted by Gasteiger charge is -2.35. The number of carbonyl (C=O) groups excluding carboxylic acids is 2. The average molecular weight is 451 g/mol. The number of aromatic nitrogens is 3. The van der Waals surface area contributed by atoms with Gasteiger partial charge in [-0.1, -0.05) is 5.16 Å². The Kier molecular flexibility index (Phi) is 6.82. The molecular weight excluding hydrogens is 426 g/mol. The molecule has 2 amide bonds. The molecule has 2 aromatic heterocycles. The van der Waals surface area contributed by atoms with Gasteiger partial charge in [-0.15, -0.1) is 0 Å². The number of carbonyl (C=O) groups is 2. The van der Waals surface area contributed by atoms with Crippen LogP contribution in [0.1, 0.15) is 22.7 Å². The van der Waals surface area contributed by atoms with Crippen LogP contribution in [0.3, 0.4) is 0 Å². The van der Waals surface area contributed by atoms with Crippen LogP contribution >= 0.6 is 0 Å². The second-order valence-electron chi connectivity index (χ2n) is 7.49. The third-order valence-electron chi connectivity index (χ3n) is 5.51. The molecule has 0 atom stereocenters. The number of benzene rings is 1. The lowest BCUT2D eigenvalue weighted by molar-refractivity contribution is -0.132. The summed E-state index contributed by atoms with van der Waals surface area (Å²) < 4.78 is 15.8. The maximum absolute atomic E-state index is 12.9. The van der Waals surface area contributed by atoms with E-state index in [1.165, 1.54) is 7.11 Å². The highest BCUT2D eigenvalue weighted by Gasteiger charge is 2.25. The van der Waals surface area contributed by atoms with Gasteiger partial charge in [0.05, 0.1) is 14.2 Å². The van der Waals surface area contributed by atoms with E-state index in [9.17, 15) is 9.59 Å². The Morgan fingerprint density at radius 1 is 0.970 bits per heavy atom. The van der Waals surface area contributed by atoms with E-state index in [2.05, 4.69) is 15.1 Å². The van der Waals surface area contributed by atoms with Crippen molar-refractivity contribution < 1.29 is 23.6 Å². The number of ether oxygens (including phenoxy) is 2. The summed E-state index contributed by atoms with van der Waals surface area (Å²) in [6.07, 6.45) is 3.94. The topological polar surface area (TPSA) is 111 Å². The van der Waals surface area contributed by atoms with Gasteiger partial charge in [0.1, 0.15) is 0 Å². The van der Waals surface area contributed by atoms with E-state index in [4.69, 9.17) is 14.0 Å². The Hall–Kier alpha value is -3.95. The number of nitrogens with zero attached hydrogens (tertiary/aromatic N) is 5. The van der Waals surface area contributed by atoms with E-state index >= 15 is 0 Å². The molecule has 0 bridgehead atoms. The number of pyridine rings is 1. The van der Waals surface area contributed by atoms with Crippen LogP contribution in [-0.4, -0.2) is 77.1 Å². The lowest BCUT2D eigenvalue weighted by Crippen LogP contribution is -2.50. The Bertz CT molecular complexity index is 1110. The molecule has 3 heterocycles. The predicted molar refractivity (Wildman–Crippen MR) is 118 cm³/mol. The van der Waals surface area contributed by atoms with E-state index in [-0.39, 0.29) is 18.2 Å². The highest BCUT2D eigenvalue weighted by molar-refractivity contribution is 5.95. The maximum atomic E-state index is 12.9. The number of hydrogen-bond acceptors (Lipinski definition) is 8. The van der Waals surface area contributed by atoms with Crippen LogP contribution in [0.25, 0.3) is 11.4 Å². The monoisotopic (exact) mass is 451 g/mol. The number of amides is 2. The fourth-order valence-corrected chi connectivity index (χ4v) is 3.66. The summed E-state index contributed by atoms with van der Waals surface area (Å²) in [7, 11) is 3.08. The normalized spacial score (nSPS) is 13.6. The van der Waals surface area contributed by atoms with Crippen LogP contribution in [0, 0.1) is 0 Å². The first kappa shape index (κ1) is 22.3. The molecule has 0 spiro atoms. The van der Waals surface area contributed by atoms with Gasteiger partial charge in [0.2, 0.25) is 17.6 Å². The van der Waals surface area contributed by atoms with Gasteiger partial charge in [-0.25, -0.2) is 0 Å². The molecule has 4 rings (SSSR count). The molecule has 1 saturated heterocycles. The molecular formula is C23H25N5O5. The minimum absolute atomic E-state index is 0.00289. The van der Waals surface area contributed by atoms with Crippen molar-refractivity contribution in [3.8, 4) is 22.9 Å². The summed E-state index contributed by atoms with van der Waals surface area (Å²) in [6.45, 7) is 1.88. The fourth-order valence-electron chi connectivity index (χ4n) is 3.66. The first-order valence-electron chi connectivity index (χ1n) is 10.6. The third kappa shape index (κ3) is 5.11. The average Bonchev–Trinajstić information content (AvgIpc) is 3.36. The number of rotatable bonds is 7. The lowest BCUT2D eigenvalue weighted by atomic mass is 10.1. The Morgan fingerprint density at radius 3 is 2.36 bits per heavy atom. The smallest absolute Gasteiger partial charge is 0.254 e. The van der Waals surface area contributed by atoms with Crippen LogP contribution in [0.4, 0.5) is 0 Å².